The van der Waals surface area contributed by atoms with Gasteiger partial charge in [0.1, 0.15) is 6.61 Å². The number of hydrogen-bond acceptors (Lipinski definition) is 4. The average Bonchev–Trinajstić information content (AvgIpc) is 2.69. The molecule has 5 heteroatoms. The van der Waals surface area contributed by atoms with Crippen molar-refractivity contribution in [2.45, 2.75) is 37.5 Å². The zero-order valence-electron chi connectivity index (χ0n) is 11.0. The summed E-state index contributed by atoms with van der Waals surface area (Å²) in [5, 5.41) is 0. The van der Waals surface area contributed by atoms with Crippen molar-refractivity contribution in [2.24, 2.45) is 0 Å². The molecule has 0 spiro atoms. The number of fused-ring (bicyclic) bond motifs is 1. The van der Waals surface area contributed by atoms with Crippen LogP contribution in [0.5, 0.6) is 0 Å². The lowest BCUT2D eigenvalue weighted by atomic mass is 9.92. The van der Waals surface area contributed by atoms with E-state index in [1.54, 1.807) is 7.11 Å². The van der Waals surface area contributed by atoms with Crippen molar-refractivity contribution in [3.8, 4) is 0 Å². The van der Waals surface area contributed by atoms with Gasteiger partial charge in [-0.05, 0) is 12.8 Å². The largest absolute Gasteiger partial charge is 0.383 e. The van der Waals surface area contributed by atoms with Crippen molar-refractivity contribution >= 4 is 5.91 Å². The monoisotopic (exact) mass is 254 g/mol. The smallest absolute Gasteiger partial charge is 0.249 e. The summed E-state index contributed by atoms with van der Waals surface area (Å²) in [5.74, 6) is 0.115. The van der Waals surface area contributed by atoms with Gasteiger partial charge in [-0.1, -0.05) is 6.42 Å². The van der Waals surface area contributed by atoms with E-state index < -0.39 is 0 Å². The number of morpholine rings is 1. The third-order valence-corrected chi connectivity index (χ3v) is 4.53. The predicted molar refractivity (Wildman–Crippen MR) is 66.3 cm³/mol. The Labute approximate surface area is 108 Å². The predicted octanol–water partition coefficient (Wildman–Crippen LogP) is 0.0969. The minimum Gasteiger partial charge on any atom is -0.383 e. The normalized spacial score (nSPS) is 33.6. The van der Waals surface area contributed by atoms with E-state index in [0.29, 0.717) is 13.2 Å². The number of hydrogen-bond donors (Lipinski definition) is 0. The number of methoxy groups -OCH3 is 1. The second-order valence-corrected chi connectivity index (χ2v) is 5.54. The highest BCUT2D eigenvalue weighted by molar-refractivity contribution is 5.78. The SMILES string of the molecule is COCCN1C(=O)COC2CN(C3CCC3)CC21. The number of rotatable bonds is 4. The summed E-state index contributed by atoms with van der Waals surface area (Å²) in [4.78, 5) is 16.4. The molecule has 0 aromatic carbocycles. The van der Waals surface area contributed by atoms with Gasteiger partial charge < -0.3 is 14.4 Å². The Morgan fingerprint density at radius 2 is 2.22 bits per heavy atom. The summed E-state index contributed by atoms with van der Waals surface area (Å²) in [5.41, 5.74) is 0. The molecule has 1 aliphatic carbocycles. The minimum absolute atomic E-state index is 0.115. The van der Waals surface area contributed by atoms with E-state index in [-0.39, 0.29) is 24.7 Å². The fourth-order valence-corrected chi connectivity index (χ4v) is 3.22. The van der Waals surface area contributed by atoms with Gasteiger partial charge in [-0.25, -0.2) is 0 Å². The molecule has 1 amide bonds. The van der Waals surface area contributed by atoms with Crippen molar-refractivity contribution in [2.75, 3.05) is 40.0 Å². The topological polar surface area (TPSA) is 42.0 Å². The molecule has 3 rings (SSSR count). The van der Waals surface area contributed by atoms with Gasteiger partial charge in [-0.2, -0.15) is 0 Å². The Balaban J connectivity index is 1.64. The molecular weight excluding hydrogens is 232 g/mol. The molecule has 0 bridgehead atoms. The first-order valence-corrected chi connectivity index (χ1v) is 6.93. The molecule has 18 heavy (non-hydrogen) atoms. The van der Waals surface area contributed by atoms with Crippen molar-refractivity contribution in [3.63, 3.8) is 0 Å². The molecule has 0 radical (unpaired) electrons. The Kier molecular flexibility index (Phi) is 3.54. The van der Waals surface area contributed by atoms with E-state index in [4.69, 9.17) is 9.47 Å². The first-order valence-electron chi connectivity index (χ1n) is 6.93. The van der Waals surface area contributed by atoms with Crippen LogP contribution >= 0.6 is 0 Å². The van der Waals surface area contributed by atoms with Gasteiger partial charge in [0.2, 0.25) is 5.91 Å². The molecule has 2 heterocycles. The van der Waals surface area contributed by atoms with Crippen LogP contribution in [0.4, 0.5) is 0 Å². The zero-order valence-corrected chi connectivity index (χ0v) is 11.0. The van der Waals surface area contributed by atoms with Crippen LogP contribution in [0.3, 0.4) is 0 Å². The third-order valence-electron chi connectivity index (χ3n) is 4.53. The minimum atomic E-state index is 0.115. The molecule has 0 N–H and O–H groups in total. The maximum Gasteiger partial charge on any atom is 0.249 e. The van der Waals surface area contributed by atoms with E-state index in [0.717, 1.165) is 19.1 Å². The van der Waals surface area contributed by atoms with E-state index in [1.807, 2.05) is 4.90 Å². The molecule has 1 saturated carbocycles. The summed E-state index contributed by atoms with van der Waals surface area (Å²) < 4.78 is 10.8. The van der Waals surface area contributed by atoms with Crippen molar-refractivity contribution in [3.05, 3.63) is 0 Å². The van der Waals surface area contributed by atoms with Crippen LogP contribution in [0.15, 0.2) is 0 Å². The van der Waals surface area contributed by atoms with Gasteiger partial charge in [0, 0.05) is 32.8 Å². The first kappa shape index (κ1) is 12.4. The van der Waals surface area contributed by atoms with Gasteiger partial charge in [0.25, 0.3) is 0 Å². The van der Waals surface area contributed by atoms with Gasteiger partial charge in [-0.15, -0.1) is 0 Å². The molecule has 2 unspecified atom stereocenters. The van der Waals surface area contributed by atoms with Gasteiger partial charge in [0.05, 0.1) is 18.8 Å². The number of amides is 1. The van der Waals surface area contributed by atoms with Gasteiger partial charge in [0.15, 0.2) is 0 Å². The molecule has 2 atom stereocenters. The Morgan fingerprint density at radius 3 is 2.89 bits per heavy atom. The lowest BCUT2D eigenvalue weighted by molar-refractivity contribution is -0.153. The highest BCUT2D eigenvalue weighted by atomic mass is 16.5. The fraction of sp³-hybridized carbons (Fsp3) is 0.923. The van der Waals surface area contributed by atoms with Crippen LogP contribution in [0.25, 0.3) is 0 Å². The van der Waals surface area contributed by atoms with Crippen molar-refractivity contribution < 1.29 is 14.3 Å². The lowest BCUT2D eigenvalue weighted by Crippen LogP contribution is -2.55. The second-order valence-electron chi connectivity index (χ2n) is 5.54. The number of nitrogens with zero attached hydrogens (tertiary/aromatic N) is 2. The quantitative estimate of drug-likeness (QED) is 0.713. The van der Waals surface area contributed by atoms with Crippen molar-refractivity contribution in [1.29, 1.82) is 0 Å². The number of carbonyl (C=O) groups is 1. The fourth-order valence-electron chi connectivity index (χ4n) is 3.22. The summed E-state index contributed by atoms with van der Waals surface area (Å²) in [6, 6.07) is 0.973. The molecule has 2 saturated heterocycles. The molecule has 5 nitrogen and oxygen atoms in total. The Bertz CT molecular complexity index is 319. The molecule has 0 aromatic rings. The molecule has 0 aromatic heterocycles. The van der Waals surface area contributed by atoms with E-state index >= 15 is 0 Å². The number of carbonyl (C=O) groups excluding carboxylic acids is 1. The van der Waals surface area contributed by atoms with E-state index in [9.17, 15) is 4.79 Å². The third kappa shape index (κ3) is 2.15. The number of ether oxygens (including phenoxy) is 2. The summed E-state index contributed by atoms with van der Waals surface area (Å²) in [6.45, 7) is 3.51. The lowest BCUT2D eigenvalue weighted by Gasteiger charge is -2.37. The summed E-state index contributed by atoms with van der Waals surface area (Å²) in [6.07, 6.45) is 4.18. The standard InChI is InChI=1S/C13H22N2O3/c1-17-6-5-15-11-7-14(10-3-2-4-10)8-12(11)18-9-13(15)16/h10-12H,2-9H2,1H3. The van der Waals surface area contributed by atoms with Crippen LogP contribution < -0.4 is 0 Å². The Hall–Kier alpha value is -0.650. The van der Waals surface area contributed by atoms with Crippen molar-refractivity contribution in [1.82, 2.24) is 9.80 Å². The van der Waals surface area contributed by atoms with Crippen LogP contribution in [-0.4, -0.2) is 73.9 Å². The first-order chi connectivity index (χ1) is 8.79. The van der Waals surface area contributed by atoms with Crippen LogP contribution in [-0.2, 0) is 14.3 Å². The van der Waals surface area contributed by atoms with Crippen LogP contribution in [0, 0.1) is 0 Å². The van der Waals surface area contributed by atoms with Gasteiger partial charge in [-0.3, -0.25) is 9.69 Å². The molecule has 102 valence electrons. The number of likely N-dealkylation sites (tertiary alicyclic amines) is 1. The molecule has 3 fully saturated rings. The van der Waals surface area contributed by atoms with Crippen LogP contribution in [0.2, 0.25) is 0 Å². The molecule has 2 aliphatic heterocycles. The van der Waals surface area contributed by atoms with Crippen LogP contribution in [0.1, 0.15) is 19.3 Å². The summed E-state index contributed by atoms with van der Waals surface area (Å²) in [7, 11) is 1.68. The van der Waals surface area contributed by atoms with E-state index in [2.05, 4.69) is 4.90 Å². The molecular formula is C13H22N2O3. The highest BCUT2D eigenvalue weighted by Gasteiger charge is 2.45. The summed E-state index contributed by atoms with van der Waals surface area (Å²) >= 11 is 0. The van der Waals surface area contributed by atoms with Gasteiger partial charge >= 0.3 is 0 Å². The van der Waals surface area contributed by atoms with E-state index in [1.165, 1.54) is 19.3 Å². The maximum atomic E-state index is 11.9. The zero-order chi connectivity index (χ0) is 12.5. The average molecular weight is 254 g/mol. The Morgan fingerprint density at radius 1 is 1.39 bits per heavy atom. The highest BCUT2D eigenvalue weighted by Crippen LogP contribution is 2.31. The second kappa shape index (κ2) is 5.15. The molecule has 3 aliphatic rings. The maximum absolute atomic E-state index is 11.9.